The lowest BCUT2D eigenvalue weighted by Crippen LogP contribution is -2.30. The Morgan fingerprint density at radius 3 is 2.94 bits per heavy atom. The predicted molar refractivity (Wildman–Crippen MR) is 67.0 cm³/mol. The number of rotatable bonds is 4. The molecule has 1 aromatic heterocycles. The lowest BCUT2D eigenvalue weighted by atomic mass is 9.91. The zero-order valence-corrected chi connectivity index (χ0v) is 10.9. The molecule has 1 fully saturated rings. The number of hydrogen-bond acceptors (Lipinski definition) is 2. The van der Waals surface area contributed by atoms with Gasteiger partial charge in [0.15, 0.2) is 0 Å². The first-order valence-electron chi connectivity index (χ1n) is 6.30. The summed E-state index contributed by atoms with van der Waals surface area (Å²) >= 11 is 6.06. The molecule has 2 rings (SSSR count). The Hall–Kier alpha value is -0.610. The van der Waals surface area contributed by atoms with Crippen molar-refractivity contribution in [2.75, 3.05) is 13.1 Å². The van der Waals surface area contributed by atoms with Gasteiger partial charge in [-0.1, -0.05) is 18.5 Å². The predicted octanol–water partition coefficient (Wildman–Crippen LogP) is 2.96. The first-order chi connectivity index (χ1) is 8.24. The van der Waals surface area contributed by atoms with E-state index in [-0.39, 0.29) is 5.92 Å². The largest absolute Gasteiger partial charge is 0.317 e. The van der Waals surface area contributed by atoms with Gasteiger partial charge >= 0.3 is 0 Å². The van der Waals surface area contributed by atoms with Crippen molar-refractivity contribution in [3.05, 3.63) is 16.9 Å². The molecule has 1 unspecified atom stereocenters. The summed E-state index contributed by atoms with van der Waals surface area (Å²) in [5, 5.41) is 7.86. The number of alkyl halides is 1. The minimum atomic E-state index is -0.987. The summed E-state index contributed by atoms with van der Waals surface area (Å²) in [4.78, 5) is 0. The Balaban J connectivity index is 2.16. The molecule has 2 heterocycles. The Morgan fingerprint density at radius 1 is 1.59 bits per heavy atom. The number of halogens is 2. The van der Waals surface area contributed by atoms with E-state index in [1.54, 1.807) is 10.9 Å². The molecule has 0 bridgehead atoms. The van der Waals surface area contributed by atoms with E-state index in [1.807, 2.05) is 0 Å². The molecule has 0 aromatic carbocycles. The monoisotopic (exact) mass is 259 g/mol. The van der Waals surface area contributed by atoms with Gasteiger partial charge in [0.2, 0.25) is 0 Å². The summed E-state index contributed by atoms with van der Waals surface area (Å²) in [7, 11) is 0. The molecule has 0 aliphatic carbocycles. The molecule has 17 heavy (non-hydrogen) atoms. The summed E-state index contributed by atoms with van der Waals surface area (Å²) < 4.78 is 16.2. The quantitative estimate of drug-likeness (QED) is 0.901. The highest BCUT2D eigenvalue weighted by molar-refractivity contribution is 6.31. The number of piperidine rings is 1. The van der Waals surface area contributed by atoms with Crippen molar-refractivity contribution >= 4 is 11.6 Å². The number of aryl methyl sites for hydroxylation is 1. The number of nitrogens with one attached hydrogen (secondary N) is 1. The molecule has 0 saturated carbocycles. The molecular weight excluding hydrogens is 241 g/mol. The van der Waals surface area contributed by atoms with Crippen LogP contribution in [0.4, 0.5) is 4.39 Å². The van der Waals surface area contributed by atoms with E-state index in [1.165, 1.54) is 0 Å². The number of nitrogens with zero attached hydrogens (tertiary/aromatic N) is 2. The van der Waals surface area contributed by atoms with E-state index in [9.17, 15) is 4.39 Å². The summed E-state index contributed by atoms with van der Waals surface area (Å²) in [5.74, 6) is 0.0704. The van der Waals surface area contributed by atoms with Gasteiger partial charge in [-0.2, -0.15) is 5.10 Å². The van der Waals surface area contributed by atoms with Gasteiger partial charge < -0.3 is 5.32 Å². The van der Waals surface area contributed by atoms with E-state index < -0.39 is 6.17 Å². The third-order valence-electron chi connectivity index (χ3n) is 3.33. The fraction of sp³-hybridized carbons (Fsp3) is 0.750. The second-order valence-electron chi connectivity index (χ2n) is 4.59. The minimum absolute atomic E-state index is 0.0704. The van der Waals surface area contributed by atoms with Crippen molar-refractivity contribution in [1.82, 2.24) is 15.1 Å². The highest BCUT2D eigenvalue weighted by Crippen LogP contribution is 2.35. The minimum Gasteiger partial charge on any atom is -0.317 e. The van der Waals surface area contributed by atoms with E-state index in [0.29, 0.717) is 10.7 Å². The summed E-state index contributed by atoms with van der Waals surface area (Å²) in [6.45, 7) is 4.57. The molecule has 0 amide bonds. The lowest BCUT2D eigenvalue weighted by Gasteiger charge is -2.26. The van der Waals surface area contributed by atoms with Crippen molar-refractivity contribution < 1.29 is 4.39 Å². The maximum absolute atomic E-state index is 14.5. The van der Waals surface area contributed by atoms with Gasteiger partial charge in [-0.05, 0) is 38.3 Å². The van der Waals surface area contributed by atoms with Gasteiger partial charge in [0.05, 0.1) is 16.9 Å². The molecule has 1 atom stereocenters. The first-order valence-corrected chi connectivity index (χ1v) is 6.67. The zero-order valence-electron chi connectivity index (χ0n) is 10.1. The van der Waals surface area contributed by atoms with Crippen LogP contribution in [-0.4, -0.2) is 22.9 Å². The van der Waals surface area contributed by atoms with Gasteiger partial charge in [0.25, 0.3) is 0 Å². The standard InChI is InChI=1S/C12H19ClFN3/c1-2-7-17-12(10(13)8-16-17)11(14)9-3-5-15-6-4-9/h8-9,11,15H,2-7H2,1H3. The van der Waals surface area contributed by atoms with Crippen LogP contribution in [-0.2, 0) is 6.54 Å². The van der Waals surface area contributed by atoms with Crippen molar-refractivity contribution in [1.29, 1.82) is 0 Å². The van der Waals surface area contributed by atoms with E-state index in [0.717, 1.165) is 38.9 Å². The lowest BCUT2D eigenvalue weighted by molar-refractivity contribution is 0.179. The maximum Gasteiger partial charge on any atom is 0.146 e. The van der Waals surface area contributed by atoms with Gasteiger partial charge in [0, 0.05) is 6.54 Å². The van der Waals surface area contributed by atoms with Crippen molar-refractivity contribution in [3.63, 3.8) is 0 Å². The van der Waals surface area contributed by atoms with Gasteiger partial charge in [-0.3, -0.25) is 4.68 Å². The van der Waals surface area contributed by atoms with E-state index >= 15 is 0 Å². The molecule has 1 aliphatic heterocycles. The Kier molecular flexibility index (Phi) is 4.40. The molecule has 0 spiro atoms. The normalized spacial score (nSPS) is 19.5. The second-order valence-corrected chi connectivity index (χ2v) is 5.00. The number of aromatic nitrogens is 2. The van der Waals surface area contributed by atoms with Crippen molar-refractivity contribution in [3.8, 4) is 0 Å². The molecule has 1 N–H and O–H groups in total. The zero-order chi connectivity index (χ0) is 12.3. The Labute approximate surface area is 106 Å². The molecule has 5 heteroatoms. The Bertz CT molecular complexity index is 361. The highest BCUT2D eigenvalue weighted by Gasteiger charge is 2.29. The van der Waals surface area contributed by atoms with Gasteiger partial charge in [0.1, 0.15) is 6.17 Å². The van der Waals surface area contributed by atoms with Crippen LogP contribution in [0.25, 0.3) is 0 Å². The topological polar surface area (TPSA) is 29.9 Å². The van der Waals surface area contributed by atoms with Crippen molar-refractivity contribution in [2.24, 2.45) is 5.92 Å². The van der Waals surface area contributed by atoms with E-state index in [4.69, 9.17) is 11.6 Å². The number of hydrogen-bond donors (Lipinski definition) is 1. The average Bonchev–Trinajstić information content (AvgIpc) is 2.71. The average molecular weight is 260 g/mol. The van der Waals surface area contributed by atoms with Crippen LogP contribution in [0.2, 0.25) is 5.02 Å². The fourth-order valence-electron chi connectivity index (χ4n) is 2.40. The maximum atomic E-state index is 14.5. The van der Waals surface area contributed by atoms with Crippen LogP contribution in [0.5, 0.6) is 0 Å². The first kappa shape index (κ1) is 12.8. The molecule has 1 aliphatic rings. The molecule has 1 saturated heterocycles. The third kappa shape index (κ3) is 2.80. The van der Waals surface area contributed by atoms with E-state index in [2.05, 4.69) is 17.3 Å². The van der Waals surface area contributed by atoms with Crippen molar-refractivity contribution in [2.45, 2.75) is 38.9 Å². The summed E-state index contributed by atoms with van der Waals surface area (Å²) in [5.41, 5.74) is 0.570. The smallest absolute Gasteiger partial charge is 0.146 e. The molecule has 1 aromatic rings. The van der Waals surface area contributed by atoms with Gasteiger partial charge in [-0.15, -0.1) is 0 Å². The second kappa shape index (κ2) is 5.83. The van der Waals surface area contributed by atoms with Crippen LogP contribution in [0.15, 0.2) is 6.20 Å². The summed E-state index contributed by atoms with van der Waals surface area (Å²) in [6.07, 6.45) is 3.24. The SMILES string of the molecule is CCCn1ncc(Cl)c1C(F)C1CCNCC1. The highest BCUT2D eigenvalue weighted by atomic mass is 35.5. The van der Waals surface area contributed by atoms with Gasteiger partial charge in [-0.25, -0.2) is 4.39 Å². The van der Waals surface area contributed by atoms with Crippen LogP contribution < -0.4 is 5.32 Å². The van der Waals surface area contributed by atoms with Crippen LogP contribution >= 0.6 is 11.6 Å². The third-order valence-corrected chi connectivity index (χ3v) is 3.62. The molecule has 0 radical (unpaired) electrons. The Morgan fingerprint density at radius 2 is 2.29 bits per heavy atom. The molecule has 3 nitrogen and oxygen atoms in total. The molecular formula is C12H19ClFN3. The molecule has 96 valence electrons. The van der Waals surface area contributed by atoms with Crippen LogP contribution in [0, 0.1) is 5.92 Å². The fourth-order valence-corrected chi connectivity index (χ4v) is 2.64. The summed E-state index contributed by atoms with van der Waals surface area (Å²) in [6, 6.07) is 0. The van der Waals surface area contributed by atoms with Crippen LogP contribution in [0.3, 0.4) is 0 Å². The van der Waals surface area contributed by atoms with Crippen LogP contribution in [0.1, 0.15) is 38.1 Å².